The number of aromatic hydroxyl groups is 1. The Morgan fingerprint density at radius 2 is 1.97 bits per heavy atom. The molecule has 2 heterocycles. The number of hydrogen-bond acceptors (Lipinski definition) is 5. The van der Waals surface area contributed by atoms with Crippen LogP contribution >= 0.6 is 11.8 Å². The van der Waals surface area contributed by atoms with Gasteiger partial charge in [-0.05, 0) is 36.8 Å². The number of aromatic nitrogens is 1. The van der Waals surface area contributed by atoms with Crippen molar-refractivity contribution in [2.45, 2.75) is 50.8 Å². The molecule has 2 aromatic carbocycles. The van der Waals surface area contributed by atoms with Crippen LogP contribution in [0.3, 0.4) is 0 Å². The topological polar surface area (TPSA) is 54.7 Å². The summed E-state index contributed by atoms with van der Waals surface area (Å²) in [5.74, 6) is 1.18. The summed E-state index contributed by atoms with van der Waals surface area (Å²) >= 11 is 1.90. The minimum absolute atomic E-state index is 0. The third kappa shape index (κ3) is 4.83. The summed E-state index contributed by atoms with van der Waals surface area (Å²) in [7, 11) is 0. The predicted octanol–water partition coefficient (Wildman–Crippen LogP) is 6.36. The van der Waals surface area contributed by atoms with Gasteiger partial charge in [-0.1, -0.05) is 38.5 Å². The quantitative estimate of drug-likeness (QED) is 0.350. The Bertz CT molecular complexity index is 1130. The molecule has 1 aliphatic carbocycles. The average molecular weight is 613 g/mol. The van der Waals surface area contributed by atoms with E-state index in [2.05, 4.69) is 31.0 Å². The van der Waals surface area contributed by atoms with Crippen molar-refractivity contribution in [2.75, 3.05) is 0 Å². The van der Waals surface area contributed by atoms with Crippen molar-refractivity contribution < 1.29 is 30.9 Å². The van der Waals surface area contributed by atoms with Gasteiger partial charge in [0.15, 0.2) is 0 Å². The van der Waals surface area contributed by atoms with Crippen LogP contribution in [-0.2, 0) is 21.1 Å². The summed E-state index contributed by atoms with van der Waals surface area (Å²) in [6, 6.07) is 18.7. The van der Waals surface area contributed by atoms with Gasteiger partial charge < -0.3 is 14.8 Å². The Morgan fingerprint density at radius 3 is 2.84 bits per heavy atom. The van der Waals surface area contributed by atoms with Gasteiger partial charge in [0.2, 0.25) is 5.88 Å². The van der Waals surface area contributed by atoms with Crippen LogP contribution in [0.25, 0.3) is 10.9 Å². The van der Waals surface area contributed by atoms with Crippen LogP contribution in [0.15, 0.2) is 53.5 Å². The number of rotatable bonds is 3. The first-order valence-corrected chi connectivity index (χ1v) is 11.4. The molecule has 5 rings (SSSR count). The van der Waals surface area contributed by atoms with Crippen molar-refractivity contribution in [3.63, 3.8) is 0 Å². The first-order chi connectivity index (χ1) is 14.5. The van der Waals surface area contributed by atoms with Crippen LogP contribution in [0.5, 0.6) is 17.4 Å². The number of phenols is 1. The van der Waals surface area contributed by atoms with Gasteiger partial charge in [0.05, 0.1) is 6.04 Å². The molecular weight excluding hydrogens is 587 g/mol. The molecule has 2 aliphatic rings. The van der Waals surface area contributed by atoms with Crippen LogP contribution in [0.2, 0.25) is 0 Å². The van der Waals surface area contributed by atoms with Crippen molar-refractivity contribution in [3.05, 3.63) is 60.2 Å². The fourth-order valence-electron chi connectivity index (χ4n) is 4.40. The molecule has 6 heteroatoms. The van der Waals surface area contributed by atoms with E-state index in [1.165, 1.54) is 25.7 Å². The molecule has 0 bridgehead atoms. The smallest absolute Gasteiger partial charge is 0.217 e. The van der Waals surface area contributed by atoms with Gasteiger partial charge in [-0.25, -0.2) is 4.98 Å². The standard InChI is InChI=1S/C25H25N2O2S.Pt/c1-25(2)13-5-9-19-21(15-25)30-24(26-19)17-7-3-8-18(14-17)29-22-12-11-16-6-4-10-20(28)23(16)27-22;/h3-4,6-8,10-12,19,21,28H,5,9,13,15H2,1-2H3;/q-1;/t19-,21-;/m0./s1. The summed E-state index contributed by atoms with van der Waals surface area (Å²) in [5.41, 5.74) is 1.90. The number of aliphatic imine (C=N–C) groups is 1. The van der Waals surface area contributed by atoms with Crippen LogP contribution in [0.1, 0.15) is 45.1 Å². The molecule has 4 nitrogen and oxygen atoms in total. The zero-order chi connectivity index (χ0) is 20.7. The van der Waals surface area contributed by atoms with Gasteiger partial charge in [-0.3, -0.25) is 0 Å². The zero-order valence-electron chi connectivity index (χ0n) is 17.6. The van der Waals surface area contributed by atoms with E-state index in [4.69, 9.17) is 9.73 Å². The maximum Gasteiger partial charge on any atom is 0.217 e. The minimum Gasteiger partial charge on any atom is -0.506 e. The number of pyridine rings is 1. The van der Waals surface area contributed by atoms with E-state index >= 15 is 0 Å². The van der Waals surface area contributed by atoms with Gasteiger partial charge in [0.1, 0.15) is 11.3 Å². The monoisotopic (exact) mass is 612 g/mol. The fraction of sp³-hybridized carbons (Fsp3) is 0.360. The fourth-order valence-corrected chi connectivity index (χ4v) is 6.02. The van der Waals surface area contributed by atoms with Crippen molar-refractivity contribution in [2.24, 2.45) is 10.4 Å². The Hall–Kier alpha value is -1.84. The molecule has 3 aromatic rings. The van der Waals surface area contributed by atoms with Gasteiger partial charge in [-0.2, -0.15) is 11.8 Å². The predicted molar refractivity (Wildman–Crippen MR) is 123 cm³/mol. The second-order valence-corrected chi connectivity index (χ2v) is 10.2. The molecule has 31 heavy (non-hydrogen) atoms. The van der Waals surface area contributed by atoms with E-state index < -0.39 is 0 Å². The second-order valence-electron chi connectivity index (χ2n) is 8.95. The van der Waals surface area contributed by atoms with Crippen molar-refractivity contribution in [1.82, 2.24) is 4.98 Å². The molecule has 164 valence electrons. The normalized spacial score (nSPS) is 22.2. The third-order valence-electron chi connectivity index (χ3n) is 5.97. The Kier molecular flexibility index (Phi) is 6.46. The molecule has 0 unspecified atom stereocenters. The molecule has 0 amide bonds. The van der Waals surface area contributed by atoms with E-state index in [0.717, 1.165) is 16.0 Å². The van der Waals surface area contributed by atoms with E-state index in [0.29, 0.717) is 33.9 Å². The first kappa shape index (κ1) is 22.4. The zero-order valence-corrected chi connectivity index (χ0v) is 20.7. The number of fused-ring (bicyclic) bond motifs is 2. The maximum absolute atomic E-state index is 10.1. The summed E-state index contributed by atoms with van der Waals surface area (Å²) in [5, 5.41) is 12.6. The summed E-state index contributed by atoms with van der Waals surface area (Å²) in [6.07, 6.45) is 4.91. The number of para-hydroxylation sites is 1. The maximum atomic E-state index is 10.1. The average Bonchev–Trinajstić information content (AvgIpc) is 3.04. The SMILES string of the molecule is CC1(C)CCC[C@@H]2N=C(c3[c-]c(Oc4ccc5cccc(O)c5n4)ccc3)S[C@H]2C1.[Pt]. The molecule has 0 radical (unpaired) electrons. The Balaban J connectivity index is 0.00000231. The summed E-state index contributed by atoms with van der Waals surface area (Å²) < 4.78 is 5.97. The van der Waals surface area contributed by atoms with Crippen molar-refractivity contribution in [3.8, 4) is 17.4 Å². The molecule has 1 saturated carbocycles. The van der Waals surface area contributed by atoms with Crippen LogP contribution in [-0.4, -0.2) is 26.4 Å². The second kappa shape index (κ2) is 8.96. The number of hydrogen-bond donors (Lipinski definition) is 1. The number of thioether (sulfide) groups is 1. The third-order valence-corrected chi connectivity index (χ3v) is 7.30. The van der Waals surface area contributed by atoms with Crippen LogP contribution in [0.4, 0.5) is 0 Å². The van der Waals surface area contributed by atoms with Crippen molar-refractivity contribution >= 4 is 27.7 Å². The van der Waals surface area contributed by atoms with E-state index in [-0.39, 0.29) is 26.8 Å². The minimum atomic E-state index is 0. The van der Waals surface area contributed by atoms with E-state index in [9.17, 15) is 5.11 Å². The molecule has 1 aliphatic heterocycles. The Morgan fingerprint density at radius 1 is 1.13 bits per heavy atom. The molecule has 1 fully saturated rings. The number of nitrogens with zero attached hydrogens (tertiary/aromatic N) is 2. The molecule has 1 N–H and O–H groups in total. The van der Waals surface area contributed by atoms with Gasteiger partial charge >= 0.3 is 0 Å². The van der Waals surface area contributed by atoms with Gasteiger partial charge in [0, 0.05) is 48.6 Å². The Labute approximate surface area is 201 Å². The van der Waals surface area contributed by atoms with E-state index in [1.807, 2.05) is 42.1 Å². The first-order valence-electron chi connectivity index (χ1n) is 10.5. The number of ether oxygens (including phenoxy) is 1. The van der Waals surface area contributed by atoms with Crippen molar-refractivity contribution in [1.29, 1.82) is 0 Å². The molecule has 1 aromatic heterocycles. The molecule has 0 saturated heterocycles. The van der Waals surface area contributed by atoms with Crippen LogP contribution < -0.4 is 4.74 Å². The van der Waals surface area contributed by atoms with Gasteiger partial charge in [-0.15, -0.1) is 23.8 Å². The number of phenolic OH excluding ortho intramolecular Hbond substituents is 1. The summed E-state index contributed by atoms with van der Waals surface area (Å²) in [4.78, 5) is 9.51. The summed E-state index contributed by atoms with van der Waals surface area (Å²) in [6.45, 7) is 4.76. The van der Waals surface area contributed by atoms with Gasteiger partial charge in [0.25, 0.3) is 0 Å². The molecule has 2 atom stereocenters. The van der Waals surface area contributed by atoms with E-state index in [1.54, 1.807) is 12.1 Å². The van der Waals surface area contributed by atoms with Crippen LogP contribution in [0, 0.1) is 11.5 Å². The largest absolute Gasteiger partial charge is 0.506 e. The molecule has 0 spiro atoms. The number of benzene rings is 2. The molecular formula is C25H25N2O2PtS-.